The maximum Gasteiger partial charge on any atom is 0.353 e. The molecule has 0 unspecified atom stereocenters. The quantitative estimate of drug-likeness (QED) is 0.451. The van der Waals surface area contributed by atoms with Crippen molar-refractivity contribution in [1.29, 1.82) is 0 Å². The molecule has 1 aromatic carbocycles. The van der Waals surface area contributed by atoms with E-state index >= 15 is 0 Å². The van der Waals surface area contributed by atoms with Gasteiger partial charge in [0.15, 0.2) is 0 Å². The molecule has 1 aliphatic rings. The summed E-state index contributed by atoms with van der Waals surface area (Å²) < 4.78 is 5.19. The molecule has 142 valence electrons. The molecule has 1 aliphatic heterocycles. The second kappa shape index (κ2) is 8.35. The minimum Gasteiger partial charge on any atom is -0.497 e. The smallest absolute Gasteiger partial charge is 0.353 e. The van der Waals surface area contributed by atoms with Crippen LogP contribution in [0.1, 0.15) is 0 Å². The number of methoxy groups -OCH3 is 1. The van der Waals surface area contributed by atoms with Gasteiger partial charge in [0.2, 0.25) is 11.6 Å². The number of piperazine rings is 1. The summed E-state index contributed by atoms with van der Waals surface area (Å²) in [5.74, 6) is 1.37. The fraction of sp³-hybridized carbons (Fsp3) is 0.333. The van der Waals surface area contributed by atoms with Crippen LogP contribution in [0.4, 0.5) is 23.0 Å². The van der Waals surface area contributed by atoms with Gasteiger partial charge >= 0.3 is 5.69 Å². The summed E-state index contributed by atoms with van der Waals surface area (Å²) in [4.78, 5) is 23.5. The van der Waals surface area contributed by atoms with Crippen LogP contribution in [0.3, 0.4) is 0 Å². The average molecular weight is 370 g/mol. The lowest BCUT2D eigenvalue weighted by Crippen LogP contribution is -2.47. The summed E-state index contributed by atoms with van der Waals surface area (Å²) in [7, 11) is 1.64. The van der Waals surface area contributed by atoms with E-state index in [1.807, 2.05) is 29.2 Å². The van der Waals surface area contributed by atoms with Crippen molar-refractivity contribution >= 4 is 23.0 Å². The minimum absolute atomic E-state index is 0.0998. The zero-order valence-electron chi connectivity index (χ0n) is 15.2. The molecule has 1 N–H and O–H groups in total. The predicted molar refractivity (Wildman–Crippen MR) is 105 cm³/mol. The Balaban J connectivity index is 1.75. The molecule has 1 saturated heterocycles. The van der Waals surface area contributed by atoms with Gasteiger partial charge in [-0.3, -0.25) is 10.1 Å². The lowest BCUT2D eigenvalue weighted by molar-refractivity contribution is -0.383. The van der Waals surface area contributed by atoms with Gasteiger partial charge in [0, 0.05) is 38.4 Å². The minimum atomic E-state index is -0.434. The second-order valence-corrected chi connectivity index (χ2v) is 5.99. The topological polar surface area (TPSA) is 96.7 Å². The Bertz CT molecular complexity index is 803. The van der Waals surface area contributed by atoms with E-state index in [-0.39, 0.29) is 11.5 Å². The van der Waals surface area contributed by atoms with Crippen LogP contribution in [0, 0.1) is 10.1 Å². The predicted octanol–water partition coefficient (Wildman–Crippen LogP) is 2.32. The molecule has 1 fully saturated rings. The van der Waals surface area contributed by atoms with Crippen LogP contribution in [0.2, 0.25) is 0 Å². The zero-order valence-corrected chi connectivity index (χ0v) is 15.2. The first-order valence-electron chi connectivity index (χ1n) is 8.62. The van der Waals surface area contributed by atoms with Crippen LogP contribution in [-0.4, -0.2) is 54.7 Å². The maximum absolute atomic E-state index is 11.6. The maximum atomic E-state index is 11.6. The molecule has 3 rings (SSSR count). The van der Waals surface area contributed by atoms with Gasteiger partial charge in [0.05, 0.1) is 12.0 Å². The number of ether oxygens (including phenoxy) is 1. The number of nitrogens with zero attached hydrogens (tertiary/aromatic N) is 5. The molecular formula is C18H22N6O3. The normalized spacial score (nSPS) is 14.0. The van der Waals surface area contributed by atoms with E-state index in [1.54, 1.807) is 13.2 Å². The summed E-state index contributed by atoms with van der Waals surface area (Å²) in [6.07, 6.45) is 2.97. The number of anilines is 3. The highest BCUT2D eigenvalue weighted by Gasteiger charge is 2.29. The van der Waals surface area contributed by atoms with Crippen molar-refractivity contribution in [3.8, 4) is 5.75 Å². The van der Waals surface area contributed by atoms with Gasteiger partial charge in [-0.05, 0) is 24.3 Å². The van der Waals surface area contributed by atoms with Crippen molar-refractivity contribution in [1.82, 2.24) is 9.97 Å². The molecule has 27 heavy (non-hydrogen) atoms. The molecule has 1 aromatic heterocycles. The number of hydrogen-bond donors (Lipinski definition) is 1. The Kier molecular flexibility index (Phi) is 5.70. The first-order chi connectivity index (χ1) is 13.1. The van der Waals surface area contributed by atoms with E-state index in [0.717, 1.165) is 24.5 Å². The van der Waals surface area contributed by atoms with Crippen molar-refractivity contribution < 1.29 is 9.66 Å². The number of rotatable bonds is 7. The highest BCUT2D eigenvalue weighted by Crippen LogP contribution is 2.32. The van der Waals surface area contributed by atoms with E-state index < -0.39 is 4.92 Å². The fourth-order valence-corrected chi connectivity index (χ4v) is 3.04. The standard InChI is InChI=1S/C18H22N6O3/c1-3-8-19-17-16(24(25)26)18(21-13-20-17)23-11-9-22(10-12-23)14-4-6-15(27-2)7-5-14/h3-7,13H,1,8-12H2,2H3,(H,19,20,21). The van der Waals surface area contributed by atoms with Crippen LogP contribution >= 0.6 is 0 Å². The van der Waals surface area contributed by atoms with Gasteiger partial charge in [-0.15, -0.1) is 6.58 Å². The van der Waals surface area contributed by atoms with E-state index in [0.29, 0.717) is 25.5 Å². The van der Waals surface area contributed by atoms with Crippen LogP contribution in [0.5, 0.6) is 5.75 Å². The summed E-state index contributed by atoms with van der Waals surface area (Å²) >= 11 is 0. The van der Waals surface area contributed by atoms with Gasteiger partial charge < -0.3 is 19.9 Å². The van der Waals surface area contributed by atoms with Crippen LogP contribution < -0.4 is 19.9 Å². The summed E-state index contributed by atoms with van der Waals surface area (Å²) in [5, 5.41) is 14.5. The van der Waals surface area contributed by atoms with Crippen molar-refractivity contribution in [2.45, 2.75) is 0 Å². The SMILES string of the molecule is C=CCNc1ncnc(N2CCN(c3ccc(OC)cc3)CC2)c1[N+](=O)[O-]. The summed E-state index contributed by atoms with van der Waals surface area (Å²) in [5.41, 5.74) is 0.998. The van der Waals surface area contributed by atoms with Crippen LogP contribution in [-0.2, 0) is 0 Å². The second-order valence-electron chi connectivity index (χ2n) is 5.99. The van der Waals surface area contributed by atoms with Gasteiger partial charge in [-0.2, -0.15) is 0 Å². The monoisotopic (exact) mass is 370 g/mol. The van der Waals surface area contributed by atoms with Gasteiger partial charge in [-0.25, -0.2) is 9.97 Å². The fourth-order valence-electron chi connectivity index (χ4n) is 3.04. The number of nitrogens with one attached hydrogen (secondary N) is 1. The number of hydrogen-bond acceptors (Lipinski definition) is 8. The van der Waals surface area contributed by atoms with E-state index in [1.165, 1.54) is 6.33 Å². The Labute approximate surface area is 157 Å². The van der Waals surface area contributed by atoms with Crippen LogP contribution in [0.25, 0.3) is 0 Å². The molecular weight excluding hydrogens is 348 g/mol. The molecule has 0 spiro atoms. The highest BCUT2D eigenvalue weighted by atomic mass is 16.6. The van der Waals surface area contributed by atoms with Crippen LogP contribution in [0.15, 0.2) is 43.2 Å². The molecule has 0 atom stereocenters. The Morgan fingerprint density at radius 2 is 1.89 bits per heavy atom. The Morgan fingerprint density at radius 1 is 1.22 bits per heavy atom. The molecule has 9 nitrogen and oxygen atoms in total. The molecule has 0 aliphatic carbocycles. The number of benzene rings is 1. The highest BCUT2D eigenvalue weighted by molar-refractivity contribution is 5.70. The van der Waals surface area contributed by atoms with Gasteiger partial charge in [-0.1, -0.05) is 6.08 Å². The van der Waals surface area contributed by atoms with Crippen molar-refractivity contribution in [3.05, 3.63) is 53.4 Å². The van der Waals surface area contributed by atoms with Crippen molar-refractivity contribution in [2.24, 2.45) is 0 Å². The zero-order chi connectivity index (χ0) is 19.2. The largest absolute Gasteiger partial charge is 0.497 e. The lowest BCUT2D eigenvalue weighted by Gasteiger charge is -2.36. The van der Waals surface area contributed by atoms with E-state index in [2.05, 4.69) is 26.8 Å². The third-order valence-electron chi connectivity index (χ3n) is 4.42. The molecule has 2 aromatic rings. The first kappa shape index (κ1) is 18.4. The molecule has 9 heteroatoms. The summed E-state index contributed by atoms with van der Waals surface area (Å²) in [6.45, 7) is 6.74. The first-order valence-corrected chi connectivity index (χ1v) is 8.62. The molecule has 0 bridgehead atoms. The van der Waals surface area contributed by atoms with E-state index in [9.17, 15) is 10.1 Å². The Hall–Kier alpha value is -3.36. The lowest BCUT2D eigenvalue weighted by atomic mass is 10.2. The van der Waals surface area contributed by atoms with Crippen molar-refractivity contribution in [2.75, 3.05) is 55.0 Å². The summed E-state index contributed by atoms with van der Waals surface area (Å²) in [6, 6.07) is 7.88. The van der Waals surface area contributed by atoms with Gasteiger partial charge in [0.1, 0.15) is 12.1 Å². The molecule has 2 heterocycles. The number of aromatic nitrogens is 2. The van der Waals surface area contributed by atoms with Crippen molar-refractivity contribution in [3.63, 3.8) is 0 Å². The molecule has 0 amide bonds. The number of nitro groups is 1. The molecule has 0 saturated carbocycles. The third kappa shape index (κ3) is 4.08. The Morgan fingerprint density at radius 3 is 2.48 bits per heavy atom. The van der Waals surface area contributed by atoms with E-state index in [4.69, 9.17) is 4.74 Å². The average Bonchev–Trinajstić information content (AvgIpc) is 2.72. The molecule has 0 radical (unpaired) electrons. The van der Waals surface area contributed by atoms with Gasteiger partial charge in [0.25, 0.3) is 0 Å². The third-order valence-corrected chi connectivity index (χ3v) is 4.42.